The summed E-state index contributed by atoms with van der Waals surface area (Å²) in [4.78, 5) is 32.3. The van der Waals surface area contributed by atoms with Gasteiger partial charge in [0, 0.05) is 18.7 Å². The number of hydrogen-bond acceptors (Lipinski definition) is 5. The summed E-state index contributed by atoms with van der Waals surface area (Å²) < 4.78 is 52.7. The minimum atomic E-state index is -4.55. The molecule has 0 spiro atoms. The molecule has 6 nitrogen and oxygen atoms in total. The van der Waals surface area contributed by atoms with Crippen molar-refractivity contribution in [2.45, 2.75) is 18.6 Å². The van der Waals surface area contributed by atoms with Crippen LogP contribution in [-0.4, -0.2) is 40.8 Å². The number of rotatable bonds is 5. The minimum Gasteiger partial charge on any atom is -0.375 e. The monoisotopic (exact) mass is 504 g/mol. The van der Waals surface area contributed by atoms with Gasteiger partial charge in [-0.1, -0.05) is 29.5 Å². The number of benzene rings is 2. The second kappa shape index (κ2) is 8.63. The fraction of sp³-hybridized carbons (Fsp3) is 0.292. The van der Waals surface area contributed by atoms with E-state index in [2.05, 4.69) is 10.3 Å². The van der Waals surface area contributed by atoms with E-state index in [1.54, 1.807) is 11.0 Å². The average molecular weight is 505 g/mol. The number of anilines is 1. The fourth-order valence-electron chi connectivity index (χ4n) is 4.65. The molecule has 2 aliphatic rings. The van der Waals surface area contributed by atoms with Gasteiger partial charge in [-0.3, -0.25) is 9.59 Å². The van der Waals surface area contributed by atoms with E-state index in [-0.39, 0.29) is 40.8 Å². The lowest BCUT2D eigenvalue weighted by Crippen LogP contribution is -2.45. The zero-order valence-electron chi connectivity index (χ0n) is 18.2. The van der Waals surface area contributed by atoms with Gasteiger partial charge < -0.3 is 16.0 Å². The number of nitrogens with two attached hydrogens (primary N) is 1. The first-order valence-corrected chi connectivity index (χ1v) is 11.7. The fourth-order valence-corrected chi connectivity index (χ4v) is 5.47. The van der Waals surface area contributed by atoms with Crippen molar-refractivity contribution in [2.75, 3.05) is 18.8 Å². The molecule has 5 rings (SSSR count). The molecule has 1 aliphatic carbocycles. The summed E-state index contributed by atoms with van der Waals surface area (Å²) in [6.45, 7) is 0.574. The summed E-state index contributed by atoms with van der Waals surface area (Å²) in [7, 11) is 0. The van der Waals surface area contributed by atoms with E-state index in [1.165, 1.54) is 30.3 Å². The van der Waals surface area contributed by atoms with Gasteiger partial charge in [0.2, 0.25) is 0 Å². The molecule has 0 radical (unpaired) electrons. The second-order valence-electron chi connectivity index (χ2n) is 8.71. The third-order valence-electron chi connectivity index (χ3n) is 6.42. The predicted molar refractivity (Wildman–Crippen MR) is 122 cm³/mol. The molecule has 3 aromatic rings. The van der Waals surface area contributed by atoms with Crippen molar-refractivity contribution in [1.82, 2.24) is 15.2 Å². The molecule has 2 amide bonds. The molecule has 2 heterocycles. The number of aromatic nitrogens is 1. The quantitative estimate of drug-likeness (QED) is 0.503. The molecule has 35 heavy (non-hydrogen) atoms. The van der Waals surface area contributed by atoms with E-state index in [9.17, 15) is 27.2 Å². The number of hydrogen-bond donors (Lipinski definition) is 2. The topological polar surface area (TPSA) is 88.3 Å². The van der Waals surface area contributed by atoms with E-state index in [1.807, 2.05) is 0 Å². The van der Waals surface area contributed by atoms with Crippen molar-refractivity contribution in [2.24, 2.45) is 11.8 Å². The van der Waals surface area contributed by atoms with E-state index in [0.717, 1.165) is 29.9 Å². The lowest BCUT2D eigenvalue weighted by atomic mass is 10.1. The highest BCUT2D eigenvalue weighted by Crippen LogP contribution is 2.50. The summed E-state index contributed by atoms with van der Waals surface area (Å²) in [6.07, 6.45) is -3.65. The van der Waals surface area contributed by atoms with Crippen LogP contribution in [0.25, 0.3) is 10.4 Å². The Morgan fingerprint density at radius 1 is 1.17 bits per heavy atom. The molecule has 0 bridgehead atoms. The first-order chi connectivity index (χ1) is 16.6. The molecule has 3 atom stereocenters. The molecule has 11 heteroatoms. The standard InChI is InChI=1S/C24H20F4N4O2S/c25-16-6-2-3-12(8-16)20-19(31-23(29)35-20)22(34)32-11-14-9-17(14)18(32)10-30-21(33)13-4-1-5-15(7-13)24(26,27)28/h1-8,14,17-18H,9-11H2,(H2,29,31)(H,30,33)/t14-,17?,18+/m0/s1. The van der Waals surface area contributed by atoms with Crippen molar-refractivity contribution in [3.05, 3.63) is 71.2 Å². The number of alkyl halides is 3. The normalized spacial score (nSPS) is 21.0. The second-order valence-corrected chi connectivity index (χ2v) is 9.74. The number of amides is 2. The van der Waals surface area contributed by atoms with Gasteiger partial charge >= 0.3 is 6.18 Å². The molecule has 182 valence electrons. The van der Waals surface area contributed by atoms with Crippen molar-refractivity contribution in [1.29, 1.82) is 0 Å². The lowest BCUT2D eigenvalue weighted by molar-refractivity contribution is -0.137. The number of fused-ring (bicyclic) bond motifs is 1. The zero-order chi connectivity index (χ0) is 24.9. The van der Waals surface area contributed by atoms with Crippen LogP contribution in [0.3, 0.4) is 0 Å². The number of piperidine rings is 1. The van der Waals surface area contributed by atoms with Gasteiger partial charge in [-0.2, -0.15) is 13.2 Å². The first kappa shape index (κ1) is 23.3. The molecule has 1 saturated heterocycles. The summed E-state index contributed by atoms with van der Waals surface area (Å²) in [5, 5.41) is 2.85. The largest absolute Gasteiger partial charge is 0.416 e. The van der Waals surface area contributed by atoms with Crippen LogP contribution in [0.5, 0.6) is 0 Å². The van der Waals surface area contributed by atoms with Gasteiger partial charge in [0.1, 0.15) is 11.5 Å². The van der Waals surface area contributed by atoms with Crippen LogP contribution in [0.1, 0.15) is 32.8 Å². The molecule has 1 saturated carbocycles. The molecule has 3 N–H and O–H groups in total. The maximum absolute atomic E-state index is 13.8. The Bertz CT molecular complexity index is 1310. The number of carbonyl (C=O) groups is 2. The van der Waals surface area contributed by atoms with Gasteiger partial charge in [-0.15, -0.1) is 0 Å². The van der Waals surface area contributed by atoms with Crippen LogP contribution in [0, 0.1) is 17.7 Å². The Kier molecular flexibility index (Phi) is 5.74. The van der Waals surface area contributed by atoms with E-state index >= 15 is 0 Å². The SMILES string of the molecule is Nc1nc(C(=O)N2C[C@@H]3CC3[C@H]2CNC(=O)c2cccc(C(F)(F)F)c2)c(-c2cccc(F)c2)s1. The Morgan fingerprint density at radius 3 is 2.69 bits per heavy atom. The Morgan fingerprint density at radius 2 is 1.94 bits per heavy atom. The Balaban J connectivity index is 1.34. The van der Waals surface area contributed by atoms with Crippen LogP contribution >= 0.6 is 11.3 Å². The minimum absolute atomic E-state index is 0.0942. The van der Waals surface area contributed by atoms with Gasteiger partial charge in [-0.05, 0) is 54.2 Å². The van der Waals surface area contributed by atoms with Crippen LogP contribution < -0.4 is 11.1 Å². The average Bonchev–Trinajstić information content (AvgIpc) is 3.33. The van der Waals surface area contributed by atoms with E-state index in [4.69, 9.17) is 5.73 Å². The van der Waals surface area contributed by atoms with Gasteiger partial charge in [0.25, 0.3) is 11.8 Å². The molecule has 2 aromatic carbocycles. The summed E-state index contributed by atoms with van der Waals surface area (Å²) in [6, 6.07) is 9.67. The number of likely N-dealkylation sites (tertiary alicyclic amines) is 1. The molecule has 2 fully saturated rings. The van der Waals surface area contributed by atoms with Crippen molar-refractivity contribution < 1.29 is 27.2 Å². The number of halogens is 4. The third-order valence-corrected chi connectivity index (χ3v) is 7.35. The number of carbonyl (C=O) groups excluding carboxylic acids is 2. The number of thiazole rings is 1. The van der Waals surface area contributed by atoms with Crippen LogP contribution in [0.15, 0.2) is 48.5 Å². The third kappa shape index (κ3) is 4.60. The predicted octanol–water partition coefficient (Wildman–Crippen LogP) is 4.44. The Hall–Kier alpha value is -3.47. The first-order valence-electron chi connectivity index (χ1n) is 10.9. The smallest absolute Gasteiger partial charge is 0.375 e. The lowest BCUT2D eigenvalue weighted by Gasteiger charge is -2.27. The number of nitrogens with one attached hydrogen (secondary N) is 1. The maximum Gasteiger partial charge on any atom is 0.416 e. The van der Waals surface area contributed by atoms with Crippen molar-refractivity contribution in [3.8, 4) is 10.4 Å². The highest BCUT2D eigenvalue weighted by atomic mass is 32.1. The summed E-state index contributed by atoms with van der Waals surface area (Å²) in [5.41, 5.74) is 5.47. The molecular formula is C24H20F4N4O2S. The van der Waals surface area contributed by atoms with Crippen LogP contribution in [0.2, 0.25) is 0 Å². The van der Waals surface area contributed by atoms with Gasteiger partial charge in [-0.25, -0.2) is 9.37 Å². The number of nitrogen functional groups attached to an aromatic ring is 1. The Labute approximate surface area is 201 Å². The molecule has 1 aromatic heterocycles. The number of nitrogens with zero attached hydrogens (tertiary/aromatic N) is 2. The maximum atomic E-state index is 13.8. The van der Waals surface area contributed by atoms with Crippen molar-refractivity contribution in [3.63, 3.8) is 0 Å². The highest BCUT2D eigenvalue weighted by Gasteiger charge is 2.54. The summed E-state index contributed by atoms with van der Waals surface area (Å²) in [5.74, 6) is -0.989. The van der Waals surface area contributed by atoms with Crippen LogP contribution in [0.4, 0.5) is 22.7 Å². The van der Waals surface area contributed by atoms with E-state index in [0.29, 0.717) is 22.9 Å². The highest BCUT2D eigenvalue weighted by molar-refractivity contribution is 7.19. The molecule has 1 aliphatic heterocycles. The van der Waals surface area contributed by atoms with Crippen LogP contribution in [-0.2, 0) is 6.18 Å². The van der Waals surface area contributed by atoms with Gasteiger partial charge in [0.15, 0.2) is 5.13 Å². The molecule has 1 unspecified atom stereocenters. The van der Waals surface area contributed by atoms with Gasteiger partial charge in [0.05, 0.1) is 16.5 Å². The van der Waals surface area contributed by atoms with Crippen molar-refractivity contribution >= 4 is 28.3 Å². The zero-order valence-corrected chi connectivity index (χ0v) is 19.0. The van der Waals surface area contributed by atoms with E-state index < -0.39 is 23.5 Å². The molecular weight excluding hydrogens is 484 g/mol. The summed E-state index contributed by atoms with van der Waals surface area (Å²) >= 11 is 1.09.